The summed E-state index contributed by atoms with van der Waals surface area (Å²) in [4.78, 5) is 2.44. The van der Waals surface area contributed by atoms with Gasteiger partial charge in [0, 0.05) is 23.7 Å². The molecule has 0 heterocycles. The minimum Gasteiger partial charge on any atom is -0.329 e. The van der Waals surface area contributed by atoms with Gasteiger partial charge in [0.05, 0.1) is 0 Å². The predicted octanol–water partition coefficient (Wildman–Crippen LogP) is 3.99. The van der Waals surface area contributed by atoms with E-state index in [0.29, 0.717) is 23.5 Å². The molecule has 20 heavy (non-hydrogen) atoms. The first kappa shape index (κ1) is 15.7. The lowest BCUT2D eigenvalue weighted by Gasteiger charge is -2.32. The molecule has 0 radical (unpaired) electrons. The number of benzene rings is 1. The Bertz CT molecular complexity index is 426. The van der Waals surface area contributed by atoms with Gasteiger partial charge in [0.15, 0.2) is 0 Å². The van der Waals surface area contributed by atoms with Crippen LogP contribution >= 0.6 is 11.6 Å². The Balaban J connectivity index is 2.18. The number of nitrogens with two attached hydrogens (primary N) is 1. The molecule has 2 N–H and O–H groups in total. The van der Waals surface area contributed by atoms with Gasteiger partial charge in [-0.1, -0.05) is 25.4 Å². The van der Waals surface area contributed by atoms with Crippen molar-refractivity contribution in [1.29, 1.82) is 0 Å². The summed E-state index contributed by atoms with van der Waals surface area (Å²) in [6.45, 7) is 5.95. The molecular formula is C16H24ClFN2. The summed E-state index contributed by atoms with van der Waals surface area (Å²) in [5, 5.41) is 0.443. The van der Waals surface area contributed by atoms with Crippen LogP contribution < -0.4 is 5.73 Å². The van der Waals surface area contributed by atoms with Crippen molar-refractivity contribution in [2.45, 2.75) is 45.2 Å². The molecule has 0 spiro atoms. The molecule has 0 bridgehead atoms. The third kappa shape index (κ3) is 4.18. The molecule has 0 amide bonds. The van der Waals surface area contributed by atoms with E-state index in [0.717, 1.165) is 18.5 Å². The van der Waals surface area contributed by atoms with E-state index in [2.05, 4.69) is 18.7 Å². The lowest BCUT2D eigenvalue weighted by atomic mass is 10.0. The van der Waals surface area contributed by atoms with E-state index in [1.54, 1.807) is 6.07 Å². The molecule has 1 aliphatic carbocycles. The summed E-state index contributed by atoms with van der Waals surface area (Å²) < 4.78 is 13.6. The monoisotopic (exact) mass is 298 g/mol. The van der Waals surface area contributed by atoms with Crippen molar-refractivity contribution in [3.05, 3.63) is 34.6 Å². The van der Waals surface area contributed by atoms with Gasteiger partial charge < -0.3 is 5.73 Å². The maximum absolute atomic E-state index is 13.6. The quantitative estimate of drug-likeness (QED) is 0.825. The Hall–Kier alpha value is -0.640. The van der Waals surface area contributed by atoms with E-state index >= 15 is 0 Å². The first-order valence-corrected chi connectivity index (χ1v) is 7.81. The highest BCUT2D eigenvalue weighted by Gasteiger charge is 2.34. The maximum atomic E-state index is 13.6. The molecule has 1 unspecified atom stereocenters. The minimum absolute atomic E-state index is 0.0643. The maximum Gasteiger partial charge on any atom is 0.125 e. The van der Waals surface area contributed by atoms with Crippen molar-refractivity contribution in [1.82, 2.24) is 4.90 Å². The average Bonchev–Trinajstić information content (AvgIpc) is 3.16. The summed E-state index contributed by atoms with van der Waals surface area (Å²) in [5.41, 5.74) is 6.87. The van der Waals surface area contributed by atoms with Gasteiger partial charge in [-0.15, -0.1) is 0 Å². The molecule has 0 aromatic heterocycles. The number of nitrogens with zero attached hydrogens (tertiary/aromatic N) is 1. The number of hydrogen-bond acceptors (Lipinski definition) is 2. The zero-order chi connectivity index (χ0) is 14.7. The van der Waals surface area contributed by atoms with Gasteiger partial charge >= 0.3 is 0 Å². The van der Waals surface area contributed by atoms with Crippen LogP contribution in [0.2, 0.25) is 5.02 Å². The molecule has 1 aliphatic rings. The minimum atomic E-state index is -0.287. The van der Waals surface area contributed by atoms with E-state index in [1.807, 2.05) is 6.07 Å². The van der Waals surface area contributed by atoms with Crippen LogP contribution in [0.15, 0.2) is 18.2 Å². The van der Waals surface area contributed by atoms with Crippen molar-refractivity contribution in [3.63, 3.8) is 0 Å². The zero-order valence-electron chi connectivity index (χ0n) is 12.3. The van der Waals surface area contributed by atoms with Crippen LogP contribution in [-0.2, 0) is 0 Å². The summed E-state index contributed by atoms with van der Waals surface area (Å²) in [7, 11) is 0. The normalized spacial score (nSPS) is 16.9. The summed E-state index contributed by atoms with van der Waals surface area (Å²) in [6, 6.07) is 5.41. The van der Waals surface area contributed by atoms with Gasteiger partial charge in [0.25, 0.3) is 0 Å². The van der Waals surface area contributed by atoms with Gasteiger partial charge in [-0.25, -0.2) is 4.39 Å². The van der Waals surface area contributed by atoms with Gasteiger partial charge in [-0.05, 0) is 55.5 Å². The SMILES string of the molecule is CC(C)CCN(C1CC1)C(CN)c1cc(F)cc(Cl)c1. The van der Waals surface area contributed by atoms with Crippen LogP contribution in [0.1, 0.15) is 44.7 Å². The van der Waals surface area contributed by atoms with Crippen LogP contribution in [0.5, 0.6) is 0 Å². The highest BCUT2D eigenvalue weighted by molar-refractivity contribution is 6.30. The Morgan fingerprint density at radius 2 is 2.05 bits per heavy atom. The molecule has 1 aromatic carbocycles. The Labute approximate surface area is 126 Å². The third-order valence-electron chi connectivity index (χ3n) is 3.87. The third-order valence-corrected chi connectivity index (χ3v) is 4.09. The fourth-order valence-corrected chi connectivity index (χ4v) is 2.87. The van der Waals surface area contributed by atoms with Gasteiger partial charge in [0.1, 0.15) is 5.82 Å². The molecule has 1 saturated carbocycles. The van der Waals surface area contributed by atoms with Crippen molar-refractivity contribution in [2.75, 3.05) is 13.1 Å². The van der Waals surface area contributed by atoms with E-state index in [1.165, 1.54) is 18.9 Å². The lowest BCUT2D eigenvalue weighted by Crippen LogP contribution is -2.36. The second kappa shape index (κ2) is 6.88. The molecule has 1 aromatic rings. The number of hydrogen-bond donors (Lipinski definition) is 1. The summed E-state index contributed by atoms with van der Waals surface area (Å²) in [5.74, 6) is 0.372. The average molecular weight is 299 g/mol. The van der Waals surface area contributed by atoms with Crippen LogP contribution in [0.25, 0.3) is 0 Å². The van der Waals surface area contributed by atoms with Crippen molar-refractivity contribution < 1.29 is 4.39 Å². The van der Waals surface area contributed by atoms with E-state index in [4.69, 9.17) is 17.3 Å². The smallest absolute Gasteiger partial charge is 0.125 e. The Morgan fingerprint density at radius 3 is 2.55 bits per heavy atom. The number of halogens is 2. The fourth-order valence-electron chi connectivity index (χ4n) is 2.64. The topological polar surface area (TPSA) is 29.3 Å². The standard InChI is InChI=1S/C16H24ClFN2/c1-11(2)5-6-20(15-3-4-15)16(10-19)12-7-13(17)9-14(18)8-12/h7-9,11,15-16H,3-6,10,19H2,1-2H3. The predicted molar refractivity (Wildman–Crippen MR) is 82.4 cm³/mol. The molecule has 0 saturated heterocycles. The molecule has 1 atom stereocenters. The Kier molecular flexibility index (Phi) is 5.42. The zero-order valence-corrected chi connectivity index (χ0v) is 13.0. The summed E-state index contributed by atoms with van der Waals surface area (Å²) in [6.07, 6.45) is 3.57. The van der Waals surface area contributed by atoms with E-state index in [-0.39, 0.29) is 11.9 Å². The van der Waals surface area contributed by atoms with Gasteiger partial charge in [0.2, 0.25) is 0 Å². The van der Waals surface area contributed by atoms with E-state index < -0.39 is 0 Å². The van der Waals surface area contributed by atoms with Crippen molar-refractivity contribution in [2.24, 2.45) is 11.7 Å². The second-order valence-electron chi connectivity index (χ2n) is 6.11. The van der Waals surface area contributed by atoms with Crippen molar-refractivity contribution in [3.8, 4) is 0 Å². The first-order chi connectivity index (χ1) is 9.51. The first-order valence-electron chi connectivity index (χ1n) is 7.43. The van der Waals surface area contributed by atoms with E-state index in [9.17, 15) is 4.39 Å². The molecular weight excluding hydrogens is 275 g/mol. The van der Waals surface area contributed by atoms with Crippen LogP contribution in [0, 0.1) is 11.7 Å². The molecule has 4 heteroatoms. The van der Waals surface area contributed by atoms with Crippen LogP contribution in [0.4, 0.5) is 4.39 Å². The molecule has 1 fully saturated rings. The fraction of sp³-hybridized carbons (Fsp3) is 0.625. The van der Waals surface area contributed by atoms with Gasteiger partial charge in [-0.3, -0.25) is 4.90 Å². The highest BCUT2D eigenvalue weighted by atomic mass is 35.5. The lowest BCUT2D eigenvalue weighted by molar-refractivity contribution is 0.180. The Morgan fingerprint density at radius 1 is 1.35 bits per heavy atom. The summed E-state index contributed by atoms with van der Waals surface area (Å²) >= 11 is 5.98. The van der Waals surface area contributed by atoms with Crippen LogP contribution in [-0.4, -0.2) is 24.0 Å². The van der Waals surface area contributed by atoms with Crippen LogP contribution in [0.3, 0.4) is 0 Å². The second-order valence-corrected chi connectivity index (χ2v) is 6.54. The molecule has 2 rings (SSSR count). The molecule has 0 aliphatic heterocycles. The highest BCUT2D eigenvalue weighted by Crippen LogP contribution is 2.35. The molecule has 112 valence electrons. The van der Waals surface area contributed by atoms with Crippen molar-refractivity contribution >= 4 is 11.6 Å². The van der Waals surface area contributed by atoms with Gasteiger partial charge in [-0.2, -0.15) is 0 Å². The molecule has 2 nitrogen and oxygen atoms in total. The number of rotatable bonds is 7. The largest absolute Gasteiger partial charge is 0.329 e.